The van der Waals surface area contributed by atoms with Crippen molar-refractivity contribution in [3.05, 3.63) is 0 Å². The van der Waals surface area contributed by atoms with Crippen LogP contribution < -0.4 is 5.32 Å². The van der Waals surface area contributed by atoms with E-state index >= 15 is 0 Å². The van der Waals surface area contributed by atoms with E-state index in [0.29, 0.717) is 5.17 Å². The molecule has 1 N–H and O–H groups in total. The Morgan fingerprint density at radius 1 is 1.91 bits per heavy atom. The number of carbonyl (C=O) groups is 1. The molecule has 1 heterocycles. The predicted molar refractivity (Wildman–Crippen MR) is 48.2 cm³/mol. The SMILES string of the molecule is C[C@@H](Cl)C(=O)NC1=NCCS1. The summed E-state index contributed by atoms with van der Waals surface area (Å²) >= 11 is 7.08. The number of rotatable bonds is 1. The summed E-state index contributed by atoms with van der Waals surface area (Å²) in [5.74, 6) is 0.770. The highest BCUT2D eigenvalue weighted by molar-refractivity contribution is 8.14. The van der Waals surface area contributed by atoms with Gasteiger partial charge in [-0.1, -0.05) is 11.8 Å². The number of hydrogen-bond acceptors (Lipinski definition) is 3. The van der Waals surface area contributed by atoms with Gasteiger partial charge in [-0.15, -0.1) is 11.6 Å². The fourth-order valence-corrected chi connectivity index (χ4v) is 1.40. The third kappa shape index (κ3) is 2.71. The normalized spacial score (nSPS) is 19.3. The second-order valence-corrected chi connectivity index (χ2v) is 3.88. The number of nitrogens with one attached hydrogen (secondary N) is 1. The van der Waals surface area contributed by atoms with Gasteiger partial charge >= 0.3 is 0 Å². The summed E-state index contributed by atoms with van der Waals surface area (Å²) in [6, 6.07) is 0. The molecule has 11 heavy (non-hydrogen) atoms. The Morgan fingerprint density at radius 3 is 3.09 bits per heavy atom. The maximum Gasteiger partial charge on any atom is 0.243 e. The summed E-state index contributed by atoms with van der Waals surface area (Å²) in [5, 5.41) is 2.83. The van der Waals surface area contributed by atoms with Crippen molar-refractivity contribution in [1.29, 1.82) is 0 Å². The van der Waals surface area contributed by atoms with E-state index in [1.165, 1.54) is 0 Å². The van der Waals surface area contributed by atoms with Gasteiger partial charge in [0.2, 0.25) is 5.91 Å². The second kappa shape index (κ2) is 3.97. The smallest absolute Gasteiger partial charge is 0.243 e. The Balaban J connectivity index is 2.35. The average Bonchev–Trinajstić information content (AvgIpc) is 2.39. The Morgan fingerprint density at radius 2 is 2.64 bits per heavy atom. The minimum absolute atomic E-state index is 0.181. The predicted octanol–water partition coefficient (Wildman–Crippen LogP) is 0.833. The fraction of sp³-hybridized carbons (Fsp3) is 0.667. The highest BCUT2D eigenvalue weighted by Crippen LogP contribution is 2.09. The lowest BCUT2D eigenvalue weighted by molar-refractivity contribution is -0.119. The number of halogens is 1. The van der Waals surface area contributed by atoms with Gasteiger partial charge in [-0.2, -0.15) is 0 Å². The molecule has 1 rings (SSSR count). The molecule has 0 aliphatic carbocycles. The van der Waals surface area contributed by atoms with Gasteiger partial charge in [0, 0.05) is 5.75 Å². The van der Waals surface area contributed by atoms with Gasteiger partial charge < -0.3 is 5.32 Å². The van der Waals surface area contributed by atoms with E-state index in [0.717, 1.165) is 12.3 Å². The van der Waals surface area contributed by atoms with Crippen LogP contribution in [0.25, 0.3) is 0 Å². The molecule has 0 spiro atoms. The molecule has 1 atom stereocenters. The lowest BCUT2D eigenvalue weighted by Gasteiger charge is -2.03. The average molecular weight is 193 g/mol. The number of thioether (sulfide) groups is 1. The van der Waals surface area contributed by atoms with Crippen molar-refractivity contribution in [3.8, 4) is 0 Å². The summed E-state index contributed by atoms with van der Waals surface area (Å²) in [7, 11) is 0. The first-order valence-electron chi connectivity index (χ1n) is 3.32. The molecule has 0 saturated carbocycles. The van der Waals surface area contributed by atoms with Gasteiger partial charge in [0.1, 0.15) is 5.38 Å². The zero-order valence-electron chi connectivity index (χ0n) is 6.13. The summed E-state index contributed by atoms with van der Waals surface area (Å²) in [4.78, 5) is 15.0. The summed E-state index contributed by atoms with van der Waals surface area (Å²) in [5.41, 5.74) is 0. The van der Waals surface area contributed by atoms with E-state index in [2.05, 4.69) is 10.3 Å². The van der Waals surface area contributed by atoms with E-state index in [9.17, 15) is 4.79 Å². The van der Waals surface area contributed by atoms with Crippen molar-refractivity contribution in [3.63, 3.8) is 0 Å². The van der Waals surface area contributed by atoms with Crippen LogP contribution in [0.3, 0.4) is 0 Å². The lowest BCUT2D eigenvalue weighted by Crippen LogP contribution is -2.32. The van der Waals surface area contributed by atoms with Gasteiger partial charge in [0.05, 0.1) is 6.54 Å². The standard InChI is InChI=1S/C6H9ClN2OS/c1-4(7)5(10)9-6-8-2-3-11-6/h4H,2-3H2,1H3,(H,8,9,10)/t4-/m1/s1. The summed E-state index contributed by atoms with van der Waals surface area (Å²) in [6.07, 6.45) is 0. The number of aliphatic imine (C=N–C) groups is 1. The van der Waals surface area contributed by atoms with E-state index < -0.39 is 5.38 Å². The first-order valence-corrected chi connectivity index (χ1v) is 4.74. The van der Waals surface area contributed by atoms with Crippen LogP contribution in [0.15, 0.2) is 4.99 Å². The fourth-order valence-electron chi connectivity index (χ4n) is 0.616. The number of amidine groups is 1. The largest absolute Gasteiger partial charge is 0.304 e. The van der Waals surface area contributed by atoms with Crippen molar-refractivity contribution in [2.75, 3.05) is 12.3 Å². The molecule has 0 aromatic heterocycles. The minimum atomic E-state index is -0.487. The Bertz CT molecular complexity index is 193. The molecule has 0 bridgehead atoms. The van der Waals surface area contributed by atoms with Crippen LogP contribution >= 0.6 is 23.4 Å². The molecule has 1 amide bonds. The van der Waals surface area contributed by atoms with E-state index in [4.69, 9.17) is 11.6 Å². The maximum absolute atomic E-state index is 11.0. The summed E-state index contributed by atoms with van der Waals surface area (Å²) in [6.45, 7) is 2.42. The zero-order chi connectivity index (χ0) is 8.27. The first-order chi connectivity index (χ1) is 5.20. The van der Waals surface area contributed by atoms with Crippen LogP contribution in [0, 0.1) is 0 Å². The van der Waals surface area contributed by atoms with Crippen LogP contribution in [0.2, 0.25) is 0 Å². The van der Waals surface area contributed by atoms with E-state index in [1.807, 2.05) is 0 Å². The number of alkyl halides is 1. The third-order valence-electron chi connectivity index (χ3n) is 1.18. The molecule has 3 nitrogen and oxygen atoms in total. The van der Waals surface area contributed by atoms with Crippen LogP contribution in [-0.2, 0) is 4.79 Å². The van der Waals surface area contributed by atoms with E-state index in [1.54, 1.807) is 18.7 Å². The van der Waals surface area contributed by atoms with Crippen LogP contribution in [-0.4, -0.2) is 28.7 Å². The van der Waals surface area contributed by atoms with E-state index in [-0.39, 0.29) is 5.91 Å². The van der Waals surface area contributed by atoms with Gasteiger partial charge in [-0.25, -0.2) is 0 Å². The van der Waals surface area contributed by atoms with Crippen molar-refractivity contribution >= 4 is 34.4 Å². The van der Waals surface area contributed by atoms with Crippen molar-refractivity contribution in [1.82, 2.24) is 5.32 Å². The van der Waals surface area contributed by atoms with Crippen LogP contribution in [0.4, 0.5) is 0 Å². The number of carbonyl (C=O) groups excluding carboxylic acids is 1. The molecule has 0 aromatic rings. The van der Waals surface area contributed by atoms with Gasteiger partial charge in [0.15, 0.2) is 5.17 Å². The van der Waals surface area contributed by atoms with Gasteiger partial charge in [-0.05, 0) is 6.92 Å². The molecule has 0 saturated heterocycles. The van der Waals surface area contributed by atoms with Crippen LogP contribution in [0.1, 0.15) is 6.92 Å². The Labute approximate surface area is 74.6 Å². The topological polar surface area (TPSA) is 41.5 Å². The highest BCUT2D eigenvalue weighted by Gasteiger charge is 2.13. The molecular formula is C6H9ClN2OS. The zero-order valence-corrected chi connectivity index (χ0v) is 7.71. The van der Waals surface area contributed by atoms with Crippen molar-refractivity contribution in [2.45, 2.75) is 12.3 Å². The molecular weight excluding hydrogens is 184 g/mol. The molecule has 0 unspecified atom stereocenters. The summed E-state index contributed by atoms with van der Waals surface area (Å²) < 4.78 is 0. The van der Waals surface area contributed by atoms with Crippen LogP contribution in [0.5, 0.6) is 0 Å². The lowest BCUT2D eigenvalue weighted by atomic mass is 10.4. The molecule has 1 aliphatic heterocycles. The molecule has 1 aliphatic rings. The van der Waals surface area contributed by atoms with Crippen molar-refractivity contribution < 1.29 is 4.79 Å². The molecule has 0 fully saturated rings. The highest BCUT2D eigenvalue weighted by atomic mass is 35.5. The second-order valence-electron chi connectivity index (χ2n) is 2.14. The van der Waals surface area contributed by atoms with Crippen molar-refractivity contribution in [2.24, 2.45) is 4.99 Å². The Kier molecular flexibility index (Phi) is 3.20. The van der Waals surface area contributed by atoms with Gasteiger partial charge in [-0.3, -0.25) is 9.79 Å². The molecule has 62 valence electrons. The Hall–Kier alpha value is -0.220. The molecule has 0 aromatic carbocycles. The maximum atomic E-state index is 11.0. The molecule has 0 radical (unpaired) electrons. The third-order valence-corrected chi connectivity index (χ3v) is 2.27. The number of amides is 1. The van der Waals surface area contributed by atoms with Gasteiger partial charge in [0.25, 0.3) is 0 Å². The molecule has 5 heteroatoms. The number of hydrogen-bond donors (Lipinski definition) is 1. The quantitative estimate of drug-likeness (QED) is 0.626. The minimum Gasteiger partial charge on any atom is -0.304 e. The monoisotopic (exact) mass is 192 g/mol. The number of nitrogens with zero attached hydrogens (tertiary/aromatic N) is 1. The first kappa shape index (κ1) is 8.87.